The molecule has 0 heterocycles. The molecule has 0 amide bonds. The molecule has 2 heteroatoms. The van der Waals surface area contributed by atoms with Crippen LogP contribution in [0.25, 0.3) is 0 Å². The molecular weight excluding hydrogens is 126 g/mol. The molecule has 10 heavy (non-hydrogen) atoms. The maximum Gasteiger partial charge on any atom is 0.0839 e. The van der Waals surface area contributed by atoms with Crippen molar-refractivity contribution in [1.82, 2.24) is 0 Å². The fourth-order valence-corrected chi connectivity index (χ4v) is 0.912. The molecule has 0 aromatic rings. The summed E-state index contributed by atoms with van der Waals surface area (Å²) in [5.74, 6) is 0. The normalized spacial score (nSPS) is 25.4. The van der Waals surface area contributed by atoms with Crippen molar-refractivity contribution in [2.24, 2.45) is 4.99 Å². The monoisotopic (exact) mass is 137 g/mol. The van der Waals surface area contributed by atoms with Crippen molar-refractivity contribution >= 4 is 6.21 Å². The summed E-state index contributed by atoms with van der Waals surface area (Å²) in [6, 6.07) is 0. The Hall–Kier alpha value is -0.890. The van der Waals surface area contributed by atoms with Crippen molar-refractivity contribution in [3.05, 3.63) is 23.8 Å². The second kappa shape index (κ2) is 3.32. The summed E-state index contributed by atoms with van der Waals surface area (Å²) in [7, 11) is 1.70. The number of rotatable bonds is 1. The first-order valence-electron chi connectivity index (χ1n) is 3.31. The first-order chi connectivity index (χ1) is 4.84. The lowest BCUT2D eigenvalue weighted by atomic mass is 10.0. The standard InChI is InChI=1S/C8H11NO/c1-9-6-7-4-2-3-5-8(7)10/h2-4,6,8,10H,5H2,1H3. The summed E-state index contributed by atoms with van der Waals surface area (Å²) in [4.78, 5) is 3.82. The maximum atomic E-state index is 9.29. The minimum Gasteiger partial charge on any atom is -0.388 e. The van der Waals surface area contributed by atoms with E-state index in [1.165, 1.54) is 0 Å². The van der Waals surface area contributed by atoms with Crippen LogP contribution in [0.15, 0.2) is 28.8 Å². The van der Waals surface area contributed by atoms with E-state index >= 15 is 0 Å². The van der Waals surface area contributed by atoms with E-state index in [0.29, 0.717) is 6.42 Å². The lowest BCUT2D eigenvalue weighted by Crippen LogP contribution is -2.11. The third-order valence-corrected chi connectivity index (χ3v) is 1.45. The van der Waals surface area contributed by atoms with Gasteiger partial charge in [0.05, 0.1) is 6.10 Å². The number of allylic oxidation sites excluding steroid dienone is 2. The van der Waals surface area contributed by atoms with Crippen molar-refractivity contribution in [3.63, 3.8) is 0 Å². The largest absolute Gasteiger partial charge is 0.388 e. The highest BCUT2D eigenvalue weighted by molar-refractivity contribution is 5.80. The van der Waals surface area contributed by atoms with E-state index in [1.807, 2.05) is 18.2 Å². The zero-order valence-corrected chi connectivity index (χ0v) is 5.99. The van der Waals surface area contributed by atoms with Gasteiger partial charge in [0.1, 0.15) is 0 Å². The van der Waals surface area contributed by atoms with Crippen molar-refractivity contribution in [2.75, 3.05) is 7.05 Å². The fraction of sp³-hybridized carbons (Fsp3) is 0.375. The first-order valence-corrected chi connectivity index (χ1v) is 3.31. The molecule has 0 saturated carbocycles. The van der Waals surface area contributed by atoms with Gasteiger partial charge >= 0.3 is 0 Å². The lowest BCUT2D eigenvalue weighted by molar-refractivity contribution is 0.220. The second-order valence-electron chi connectivity index (χ2n) is 2.23. The second-order valence-corrected chi connectivity index (χ2v) is 2.23. The van der Waals surface area contributed by atoms with Gasteiger partial charge in [-0.1, -0.05) is 18.2 Å². The zero-order chi connectivity index (χ0) is 7.40. The van der Waals surface area contributed by atoms with Crippen molar-refractivity contribution < 1.29 is 5.11 Å². The highest BCUT2D eigenvalue weighted by Crippen LogP contribution is 2.10. The highest BCUT2D eigenvalue weighted by Gasteiger charge is 2.07. The summed E-state index contributed by atoms with van der Waals surface area (Å²) in [6.07, 6.45) is 7.79. The Balaban J connectivity index is 2.70. The van der Waals surface area contributed by atoms with Gasteiger partial charge in [-0.15, -0.1) is 0 Å². The van der Waals surface area contributed by atoms with Crippen molar-refractivity contribution in [3.8, 4) is 0 Å². The summed E-state index contributed by atoms with van der Waals surface area (Å²) < 4.78 is 0. The number of aliphatic hydroxyl groups excluding tert-OH is 1. The molecule has 1 N–H and O–H groups in total. The minimum atomic E-state index is -0.353. The summed E-state index contributed by atoms with van der Waals surface area (Å²) >= 11 is 0. The number of nitrogens with zero attached hydrogens (tertiary/aromatic N) is 1. The molecule has 54 valence electrons. The van der Waals surface area contributed by atoms with Gasteiger partial charge in [-0.25, -0.2) is 0 Å². The van der Waals surface area contributed by atoms with Gasteiger partial charge in [-0.3, -0.25) is 4.99 Å². The molecule has 0 spiro atoms. The Morgan fingerprint density at radius 1 is 1.80 bits per heavy atom. The lowest BCUT2D eigenvalue weighted by Gasteiger charge is -2.10. The molecule has 1 atom stereocenters. The molecule has 1 rings (SSSR count). The zero-order valence-electron chi connectivity index (χ0n) is 5.99. The molecule has 0 bridgehead atoms. The average molecular weight is 137 g/mol. The molecule has 0 aromatic carbocycles. The molecule has 2 nitrogen and oxygen atoms in total. The van der Waals surface area contributed by atoms with Crippen LogP contribution < -0.4 is 0 Å². The Morgan fingerprint density at radius 2 is 2.60 bits per heavy atom. The number of hydrogen-bond donors (Lipinski definition) is 1. The minimum absolute atomic E-state index is 0.353. The molecule has 0 aromatic heterocycles. The number of aliphatic hydroxyl groups is 1. The van der Waals surface area contributed by atoms with E-state index in [4.69, 9.17) is 0 Å². The number of aliphatic imine (C=N–C) groups is 1. The van der Waals surface area contributed by atoms with Crippen LogP contribution in [0, 0.1) is 0 Å². The molecule has 1 aliphatic rings. The Kier molecular flexibility index (Phi) is 2.40. The average Bonchev–Trinajstić information content (AvgIpc) is 1.94. The predicted molar refractivity (Wildman–Crippen MR) is 42.3 cm³/mol. The van der Waals surface area contributed by atoms with E-state index in [2.05, 4.69) is 4.99 Å². The molecule has 0 saturated heterocycles. The smallest absolute Gasteiger partial charge is 0.0839 e. The molecule has 1 unspecified atom stereocenters. The molecule has 1 aliphatic carbocycles. The Morgan fingerprint density at radius 3 is 3.20 bits per heavy atom. The summed E-state index contributed by atoms with van der Waals surface area (Å²) in [6.45, 7) is 0. The van der Waals surface area contributed by atoms with Gasteiger partial charge in [0.25, 0.3) is 0 Å². The predicted octanol–water partition coefficient (Wildman–Crippen LogP) is 0.934. The van der Waals surface area contributed by atoms with Crippen LogP contribution in [0.2, 0.25) is 0 Å². The SMILES string of the molecule is CN=CC1=CC=CCC1O. The fourth-order valence-electron chi connectivity index (χ4n) is 0.912. The highest BCUT2D eigenvalue weighted by atomic mass is 16.3. The van der Waals surface area contributed by atoms with Crippen LogP contribution in [0.5, 0.6) is 0 Å². The van der Waals surface area contributed by atoms with Gasteiger partial charge in [0, 0.05) is 13.3 Å². The van der Waals surface area contributed by atoms with Gasteiger partial charge in [-0.05, 0) is 12.0 Å². The molecule has 0 aliphatic heterocycles. The van der Waals surface area contributed by atoms with E-state index in [1.54, 1.807) is 13.3 Å². The third-order valence-electron chi connectivity index (χ3n) is 1.45. The Bertz CT molecular complexity index is 191. The third kappa shape index (κ3) is 1.54. The quantitative estimate of drug-likeness (QED) is 0.536. The van der Waals surface area contributed by atoms with Crippen LogP contribution in [0.1, 0.15) is 6.42 Å². The van der Waals surface area contributed by atoms with Gasteiger partial charge in [0.2, 0.25) is 0 Å². The van der Waals surface area contributed by atoms with Gasteiger partial charge in [0.15, 0.2) is 0 Å². The summed E-state index contributed by atoms with van der Waals surface area (Å²) in [5.41, 5.74) is 0.894. The van der Waals surface area contributed by atoms with E-state index in [9.17, 15) is 5.11 Å². The topological polar surface area (TPSA) is 32.6 Å². The van der Waals surface area contributed by atoms with E-state index < -0.39 is 0 Å². The first kappa shape index (κ1) is 7.22. The van der Waals surface area contributed by atoms with E-state index in [0.717, 1.165) is 5.57 Å². The van der Waals surface area contributed by atoms with Crippen LogP contribution in [-0.4, -0.2) is 24.5 Å². The number of hydrogen-bond acceptors (Lipinski definition) is 2. The van der Waals surface area contributed by atoms with Crippen LogP contribution in [0.3, 0.4) is 0 Å². The van der Waals surface area contributed by atoms with Crippen molar-refractivity contribution in [1.29, 1.82) is 0 Å². The molecule has 0 radical (unpaired) electrons. The Labute approximate surface area is 60.6 Å². The van der Waals surface area contributed by atoms with Crippen LogP contribution in [-0.2, 0) is 0 Å². The molecule has 0 fully saturated rings. The van der Waals surface area contributed by atoms with E-state index in [-0.39, 0.29) is 6.10 Å². The van der Waals surface area contributed by atoms with Crippen LogP contribution >= 0.6 is 0 Å². The molecular formula is C8H11NO. The van der Waals surface area contributed by atoms with Crippen LogP contribution in [0.4, 0.5) is 0 Å². The van der Waals surface area contributed by atoms with Gasteiger partial charge in [-0.2, -0.15) is 0 Å². The van der Waals surface area contributed by atoms with Gasteiger partial charge < -0.3 is 5.11 Å². The maximum absolute atomic E-state index is 9.29. The summed E-state index contributed by atoms with van der Waals surface area (Å²) in [5, 5.41) is 9.29. The van der Waals surface area contributed by atoms with Crippen molar-refractivity contribution in [2.45, 2.75) is 12.5 Å².